The maximum absolute atomic E-state index is 13.5. The summed E-state index contributed by atoms with van der Waals surface area (Å²) in [6, 6.07) is 19.3. The SMILES string of the molecule is COC(=O)N[C@H](C(=O)N1CCC[C@H]1c1ncc(-c2ccc(-c3ccc(-c4cnc(C5C6CCC(C6)C5C(=O)NCc5cccnc5O)[nH]4)cc3)cc2)[nH]1)C(C)C. The number of H-pyrrole nitrogens is 2. The first-order chi connectivity index (χ1) is 27.2. The molecule has 3 aliphatic rings. The predicted molar refractivity (Wildman–Crippen MR) is 210 cm³/mol. The third-order valence-electron chi connectivity index (χ3n) is 12.0. The Labute approximate surface area is 325 Å². The van der Waals surface area contributed by atoms with E-state index in [1.807, 2.05) is 31.1 Å². The first-order valence-electron chi connectivity index (χ1n) is 19.5. The van der Waals surface area contributed by atoms with Gasteiger partial charge in [0, 0.05) is 30.8 Å². The molecule has 5 N–H and O–H groups in total. The van der Waals surface area contributed by atoms with Gasteiger partial charge >= 0.3 is 6.09 Å². The van der Waals surface area contributed by atoms with E-state index in [1.165, 1.54) is 13.3 Å². The van der Waals surface area contributed by atoms with E-state index in [0.29, 0.717) is 23.9 Å². The number of alkyl carbamates (subject to hydrolysis) is 1. The Morgan fingerprint density at radius 3 is 2.12 bits per heavy atom. The van der Waals surface area contributed by atoms with Crippen molar-refractivity contribution >= 4 is 17.9 Å². The van der Waals surface area contributed by atoms with Crippen molar-refractivity contribution in [2.24, 2.45) is 23.7 Å². The first kappa shape index (κ1) is 37.0. The fourth-order valence-electron chi connectivity index (χ4n) is 9.11. The lowest BCUT2D eigenvalue weighted by Crippen LogP contribution is -2.51. The molecule has 4 heterocycles. The van der Waals surface area contributed by atoms with Gasteiger partial charge in [-0.05, 0) is 78.2 Å². The van der Waals surface area contributed by atoms with Crippen LogP contribution in [0.15, 0.2) is 79.3 Å². The molecule has 3 aromatic heterocycles. The number of likely N-dealkylation sites (tertiary alicyclic amines) is 1. The number of benzene rings is 2. The maximum atomic E-state index is 13.5. The average Bonchev–Trinajstić information content (AvgIpc) is 4.08. The Hall–Kier alpha value is -5.98. The quantitative estimate of drug-likeness (QED) is 0.0986. The van der Waals surface area contributed by atoms with Crippen molar-refractivity contribution in [1.82, 2.24) is 40.5 Å². The zero-order valence-corrected chi connectivity index (χ0v) is 31.9. The molecule has 13 heteroatoms. The fourth-order valence-corrected chi connectivity index (χ4v) is 9.11. The summed E-state index contributed by atoms with van der Waals surface area (Å²) in [4.78, 5) is 61.3. The fraction of sp³-hybridized carbons (Fsp3) is 0.395. The number of hydrogen-bond acceptors (Lipinski definition) is 8. The average molecular weight is 757 g/mol. The molecular weight excluding hydrogens is 709 g/mol. The number of hydrogen-bond donors (Lipinski definition) is 5. The smallest absolute Gasteiger partial charge is 0.407 e. The summed E-state index contributed by atoms with van der Waals surface area (Å²) in [6.45, 7) is 4.65. The number of imidazole rings is 2. The topological polar surface area (TPSA) is 178 Å². The number of aromatic nitrogens is 5. The van der Waals surface area contributed by atoms with Gasteiger partial charge in [0.05, 0.1) is 42.9 Å². The van der Waals surface area contributed by atoms with Gasteiger partial charge in [-0.25, -0.2) is 19.7 Å². The van der Waals surface area contributed by atoms with Crippen LogP contribution in [0, 0.1) is 23.7 Å². The van der Waals surface area contributed by atoms with Crippen molar-refractivity contribution in [1.29, 1.82) is 0 Å². The van der Waals surface area contributed by atoms with Crippen LogP contribution in [0.25, 0.3) is 33.6 Å². The summed E-state index contributed by atoms with van der Waals surface area (Å²) >= 11 is 0. The second kappa shape index (κ2) is 15.6. The monoisotopic (exact) mass is 756 g/mol. The molecule has 2 aliphatic carbocycles. The van der Waals surface area contributed by atoms with Gasteiger partial charge < -0.3 is 35.3 Å². The summed E-state index contributed by atoms with van der Waals surface area (Å²) in [6.07, 6.45) is 9.41. The number of nitrogens with zero attached hydrogens (tertiary/aromatic N) is 4. The zero-order valence-electron chi connectivity index (χ0n) is 31.9. The van der Waals surface area contributed by atoms with Crippen molar-refractivity contribution in [3.8, 4) is 39.5 Å². The first-order valence-corrected chi connectivity index (χ1v) is 19.5. The van der Waals surface area contributed by atoms with Gasteiger partial charge in [-0.2, -0.15) is 0 Å². The second-order valence-corrected chi connectivity index (χ2v) is 15.7. The number of aromatic hydroxyl groups is 1. The Kier molecular flexibility index (Phi) is 10.3. The normalized spacial score (nSPS) is 22.0. The van der Waals surface area contributed by atoms with E-state index in [-0.39, 0.29) is 48.0 Å². The minimum absolute atomic E-state index is 0.00493. The van der Waals surface area contributed by atoms with Crippen LogP contribution in [-0.4, -0.2) is 72.5 Å². The van der Waals surface area contributed by atoms with Gasteiger partial charge in [-0.1, -0.05) is 68.4 Å². The Bertz CT molecular complexity index is 2200. The third-order valence-corrected chi connectivity index (χ3v) is 12.0. The summed E-state index contributed by atoms with van der Waals surface area (Å²) in [7, 11) is 1.29. The number of nitrogens with one attached hydrogen (secondary N) is 4. The zero-order chi connectivity index (χ0) is 38.9. The molecule has 2 bridgehead atoms. The Morgan fingerprint density at radius 1 is 0.857 bits per heavy atom. The molecule has 5 aromatic rings. The third kappa shape index (κ3) is 7.25. The lowest BCUT2D eigenvalue weighted by molar-refractivity contribution is -0.135. The summed E-state index contributed by atoms with van der Waals surface area (Å²) in [5.41, 5.74) is 6.54. The molecule has 0 spiro atoms. The molecule has 8 rings (SSSR count). The predicted octanol–water partition coefficient (Wildman–Crippen LogP) is 6.72. The molecule has 3 amide bonds. The summed E-state index contributed by atoms with van der Waals surface area (Å²) < 4.78 is 4.76. The number of amides is 3. The molecule has 4 unspecified atom stereocenters. The minimum Gasteiger partial charge on any atom is -0.493 e. The van der Waals surface area contributed by atoms with Gasteiger partial charge in [0.25, 0.3) is 0 Å². The largest absolute Gasteiger partial charge is 0.493 e. The lowest BCUT2D eigenvalue weighted by atomic mass is 9.78. The van der Waals surface area contributed by atoms with E-state index in [2.05, 4.69) is 79.1 Å². The van der Waals surface area contributed by atoms with Gasteiger partial charge in [0.2, 0.25) is 17.7 Å². The molecule has 1 aliphatic heterocycles. The van der Waals surface area contributed by atoms with Crippen molar-refractivity contribution in [2.75, 3.05) is 13.7 Å². The number of ether oxygens (including phenoxy) is 1. The van der Waals surface area contributed by atoms with Crippen LogP contribution >= 0.6 is 0 Å². The van der Waals surface area contributed by atoms with Crippen LogP contribution in [0.1, 0.15) is 75.1 Å². The van der Waals surface area contributed by atoms with E-state index in [0.717, 1.165) is 77.4 Å². The van der Waals surface area contributed by atoms with E-state index in [4.69, 9.17) is 9.72 Å². The number of pyridine rings is 1. The highest BCUT2D eigenvalue weighted by atomic mass is 16.5. The van der Waals surface area contributed by atoms with Crippen LogP contribution in [0.4, 0.5) is 4.79 Å². The summed E-state index contributed by atoms with van der Waals surface area (Å²) in [5.74, 6) is 1.92. The van der Waals surface area contributed by atoms with Gasteiger partial charge in [-0.3, -0.25) is 9.59 Å². The Balaban J connectivity index is 0.918. The highest BCUT2D eigenvalue weighted by molar-refractivity contribution is 5.86. The summed E-state index contributed by atoms with van der Waals surface area (Å²) in [5, 5.41) is 15.8. The number of methoxy groups -OCH3 is 1. The van der Waals surface area contributed by atoms with Crippen LogP contribution in [0.2, 0.25) is 0 Å². The van der Waals surface area contributed by atoms with Gasteiger partial charge in [0.15, 0.2) is 0 Å². The molecular formula is C43H48N8O5. The van der Waals surface area contributed by atoms with E-state index < -0.39 is 12.1 Å². The highest BCUT2D eigenvalue weighted by Gasteiger charge is 2.52. The van der Waals surface area contributed by atoms with E-state index in [1.54, 1.807) is 12.1 Å². The number of carbonyl (C=O) groups excluding carboxylic acids is 3. The molecule has 1 saturated heterocycles. The molecule has 290 valence electrons. The van der Waals surface area contributed by atoms with Crippen LogP contribution in [-0.2, 0) is 20.9 Å². The van der Waals surface area contributed by atoms with Crippen molar-refractivity contribution < 1.29 is 24.2 Å². The minimum atomic E-state index is -0.683. The lowest BCUT2D eigenvalue weighted by Gasteiger charge is -2.30. The van der Waals surface area contributed by atoms with Crippen molar-refractivity contribution in [2.45, 2.75) is 70.5 Å². The highest BCUT2D eigenvalue weighted by Crippen LogP contribution is 2.56. The second-order valence-electron chi connectivity index (χ2n) is 15.7. The number of rotatable bonds is 11. The van der Waals surface area contributed by atoms with Crippen molar-refractivity contribution in [3.63, 3.8) is 0 Å². The van der Waals surface area contributed by atoms with Crippen molar-refractivity contribution in [3.05, 3.63) is 96.5 Å². The maximum Gasteiger partial charge on any atom is 0.407 e. The molecule has 6 atom stereocenters. The van der Waals surface area contributed by atoms with Crippen LogP contribution < -0.4 is 10.6 Å². The number of carbonyl (C=O) groups is 3. The molecule has 2 aromatic carbocycles. The van der Waals surface area contributed by atoms with E-state index in [9.17, 15) is 19.5 Å². The van der Waals surface area contributed by atoms with Crippen LogP contribution in [0.3, 0.4) is 0 Å². The van der Waals surface area contributed by atoms with Gasteiger partial charge in [0.1, 0.15) is 17.7 Å². The molecule has 3 fully saturated rings. The molecule has 13 nitrogen and oxygen atoms in total. The van der Waals surface area contributed by atoms with Gasteiger partial charge in [-0.15, -0.1) is 0 Å². The Morgan fingerprint density at radius 2 is 1.48 bits per heavy atom. The van der Waals surface area contributed by atoms with E-state index >= 15 is 0 Å². The van der Waals surface area contributed by atoms with Crippen LogP contribution in [0.5, 0.6) is 5.88 Å². The number of fused-ring (bicyclic) bond motifs is 2. The molecule has 0 radical (unpaired) electrons. The molecule has 56 heavy (non-hydrogen) atoms. The standard InChI is InChI=1S/C43H48N8O5/c1-24(2)37(50-43(55)56-3)42(54)51-19-5-7-34(51)38-45-22-32(48-38)27-12-8-25(9-13-27)26-10-14-28(15-11-26)33-23-46-39(49-33)35-29-16-17-30(20-29)36(35)41(53)47-21-31-6-4-18-44-40(31)52/h4,6,8-15,18,22-24,29-30,34-37H,5,7,16-17,19-21H2,1-3H3,(H,44,52)(H,45,48)(H,46,49)(H,47,53)(H,50,55)/t29?,30?,34-,35?,36?,37-/m0/s1. The molecule has 2 saturated carbocycles. The number of aromatic amines is 2.